The van der Waals surface area contributed by atoms with Crippen molar-refractivity contribution >= 4 is 17.5 Å². The molecule has 0 fully saturated rings. The van der Waals surface area contributed by atoms with Crippen LogP contribution in [0.25, 0.3) is 0 Å². The van der Waals surface area contributed by atoms with Gasteiger partial charge in [0.05, 0.1) is 13.5 Å². The number of benzene rings is 2. The predicted molar refractivity (Wildman–Crippen MR) is 91.9 cm³/mol. The van der Waals surface area contributed by atoms with E-state index in [2.05, 4.69) is 10.6 Å². The van der Waals surface area contributed by atoms with Crippen LogP contribution in [-0.4, -0.2) is 18.9 Å². The lowest BCUT2D eigenvalue weighted by atomic mass is 9.99. The summed E-state index contributed by atoms with van der Waals surface area (Å²) in [5.74, 6) is 0.771. The van der Waals surface area contributed by atoms with Crippen molar-refractivity contribution < 1.29 is 14.3 Å². The van der Waals surface area contributed by atoms with Crippen molar-refractivity contribution in [3.8, 4) is 5.75 Å². The van der Waals surface area contributed by atoms with Gasteiger partial charge in [0.15, 0.2) is 0 Å². The number of rotatable bonds is 5. The van der Waals surface area contributed by atoms with Crippen LogP contribution >= 0.6 is 0 Å². The lowest BCUT2D eigenvalue weighted by molar-refractivity contribution is -0.120. The summed E-state index contributed by atoms with van der Waals surface area (Å²) >= 11 is 0. The fraction of sp³-hybridized carbons (Fsp3) is 0.263. The first-order valence-corrected chi connectivity index (χ1v) is 7.96. The second-order valence-electron chi connectivity index (χ2n) is 5.81. The number of fused-ring (bicyclic) bond motifs is 1. The number of amides is 2. The second kappa shape index (κ2) is 7.17. The van der Waals surface area contributed by atoms with Crippen LogP contribution in [0.2, 0.25) is 0 Å². The molecule has 0 saturated carbocycles. The zero-order valence-corrected chi connectivity index (χ0v) is 13.6. The van der Waals surface area contributed by atoms with Gasteiger partial charge in [-0.25, -0.2) is 0 Å². The van der Waals surface area contributed by atoms with Crippen LogP contribution in [0.1, 0.15) is 23.1 Å². The first-order chi connectivity index (χ1) is 11.7. The van der Waals surface area contributed by atoms with Crippen LogP contribution in [0.5, 0.6) is 5.75 Å². The largest absolute Gasteiger partial charge is 0.496 e. The molecule has 5 heteroatoms. The fourth-order valence-electron chi connectivity index (χ4n) is 2.84. The summed E-state index contributed by atoms with van der Waals surface area (Å²) in [4.78, 5) is 23.6. The van der Waals surface area contributed by atoms with Gasteiger partial charge in [-0.2, -0.15) is 0 Å². The monoisotopic (exact) mass is 324 g/mol. The number of carbonyl (C=O) groups is 2. The minimum absolute atomic E-state index is 0.0410. The van der Waals surface area contributed by atoms with Crippen molar-refractivity contribution in [1.29, 1.82) is 0 Å². The Kier molecular flexibility index (Phi) is 4.79. The normalized spacial score (nSPS) is 13.0. The highest BCUT2D eigenvalue weighted by Gasteiger charge is 2.15. The summed E-state index contributed by atoms with van der Waals surface area (Å²) in [6.07, 6.45) is 1.53. The van der Waals surface area contributed by atoms with Crippen molar-refractivity contribution in [2.45, 2.75) is 25.8 Å². The van der Waals surface area contributed by atoms with Crippen LogP contribution in [-0.2, 0) is 29.0 Å². The van der Waals surface area contributed by atoms with E-state index in [1.807, 2.05) is 42.5 Å². The number of hydrogen-bond acceptors (Lipinski definition) is 3. The van der Waals surface area contributed by atoms with E-state index >= 15 is 0 Å². The van der Waals surface area contributed by atoms with Gasteiger partial charge in [0.1, 0.15) is 5.75 Å². The van der Waals surface area contributed by atoms with E-state index in [1.165, 1.54) is 0 Å². The molecule has 0 bridgehead atoms. The predicted octanol–water partition coefficient (Wildman–Crippen LogP) is 2.44. The molecule has 3 rings (SSSR count). The molecule has 0 atom stereocenters. The third kappa shape index (κ3) is 3.74. The fourth-order valence-corrected chi connectivity index (χ4v) is 2.84. The van der Waals surface area contributed by atoms with E-state index in [9.17, 15) is 9.59 Å². The highest BCUT2D eigenvalue weighted by molar-refractivity contribution is 5.94. The van der Waals surface area contributed by atoms with Gasteiger partial charge >= 0.3 is 0 Å². The molecule has 0 aliphatic carbocycles. The molecular weight excluding hydrogens is 304 g/mol. The molecular formula is C19H20N2O3. The van der Waals surface area contributed by atoms with Crippen molar-refractivity contribution in [2.75, 3.05) is 12.4 Å². The molecule has 24 heavy (non-hydrogen) atoms. The average molecular weight is 324 g/mol. The van der Waals surface area contributed by atoms with E-state index in [-0.39, 0.29) is 11.8 Å². The molecule has 1 heterocycles. The van der Waals surface area contributed by atoms with Crippen molar-refractivity contribution in [2.24, 2.45) is 0 Å². The Morgan fingerprint density at radius 2 is 2.04 bits per heavy atom. The molecule has 2 N–H and O–H groups in total. The molecule has 2 aromatic rings. The number of anilines is 1. The van der Waals surface area contributed by atoms with Crippen molar-refractivity contribution in [3.05, 3.63) is 59.2 Å². The highest BCUT2D eigenvalue weighted by atomic mass is 16.5. The van der Waals surface area contributed by atoms with Gasteiger partial charge in [-0.1, -0.05) is 30.3 Å². The van der Waals surface area contributed by atoms with Crippen LogP contribution in [0.15, 0.2) is 42.5 Å². The van der Waals surface area contributed by atoms with E-state index < -0.39 is 0 Å². The highest BCUT2D eigenvalue weighted by Crippen LogP contribution is 2.23. The maximum Gasteiger partial charge on any atom is 0.224 e. The van der Waals surface area contributed by atoms with Gasteiger partial charge in [0.2, 0.25) is 11.8 Å². The van der Waals surface area contributed by atoms with E-state index in [0.29, 0.717) is 19.4 Å². The number of hydrogen-bond donors (Lipinski definition) is 2. The Labute approximate surface area is 141 Å². The first kappa shape index (κ1) is 16.1. The molecule has 0 aromatic heterocycles. The molecule has 2 amide bonds. The Morgan fingerprint density at radius 1 is 1.21 bits per heavy atom. The summed E-state index contributed by atoms with van der Waals surface area (Å²) in [7, 11) is 1.62. The third-order valence-electron chi connectivity index (χ3n) is 4.10. The smallest absolute Gasteiger partial charge is 0.224 e. The van der Waals surface area contributed by atoms with Gasteiger partial charge in [-0.3, -0.25) is 9.59 Å². The summed E-state index contributed by atoms with van der Waals surface area (Å²) in [6, 6.07) is 13.4. The molecule has 5 nitrogen and oxygen atoms in total. The van der Waals surface area contributed by atoms with Gasteiger partial charge in [0.25, 0.3) is 0 Å². The molecule has 0 radical (unpaired) electrons. The van der Waals surface area contributed by atoms with E-state index in [0.717, 1.165) is 34.5 Å². The Balaban J connectivity index is 1.60. The first-order valence-electron chi connectivity index (χ1n) is 7.96. The maximum atomic E-state index is 12.2. The molecule has 2 aromatic carbocycles. The van der Waals surface area contributed by atoms with Crippen LogP contribution in [0.3, 0.4) is 0 Å². The average Bonchev–Trinajstić information content (AvgIpc) is 2.60. The molecule has 1 aliphatic rings. The number of carbonyl (C=O) groups excluding carboxylic acids is 2. The molecule has 1 aliphatic heterocycles. The van der Waals surface area contributed by atoms with Gasteiger partial charge in [0, 0.05) is 24.2 Å². The van der Waals surface area contributed by atoms with E-state index in [4.69, 9.17) is 4.74 Å². The van der Waals surface area contributed by atoms with Gasteiger partial charge in [-0.05, 0) is 29.7 Å². The van der Waals surface area contributed by atoms with Gasteiger partial charge in [-0.15, -0.1) is 0 Å². The molecule has 0 saturated heterocycles. The summed E-state index contributed by atoms with van der Waals surface area (Å²) in [5, 5.41) is 5.77. The molecule has 0 spiro atoms. The minimum Gasteiger partial charge on any atom is -0.496 e. The Morgan fingerprint density at radius 3 is 2.88 bits per heavy atom. The number of ether oxygens (including phenoxy) is 1. The Hall–Kier alpha value is -2.82. The quantitative estimate of drug-likeness (QED) is 0.888. The summed E-state index contributed by atoms with van der Waals surface area (Å²) in [5.41, 5.74) is 3.83. The number of aryl methyl sites for hydroxylation is 1. The summed E-state index contributed by atoms with van der Waals surface area (Å²) in [6.45, 7) is 0.434. The van der Waals surface area contributed by atoms with Crippen molar-refractivity contribution in [1.82, 2.24) is 5.32 Å². The van der Waals surface area contributed by atoms with Crippen molar-refractivity contribution in [3.63, 3.8) is 0 Å². The van der Waals surface area contributed by atoms with Gasteiger partial charge < -0.3 is 15.4 Å². The van der Waals surface area contributed by atoms with Crippen LogP contribution in [0, 0.1) is 0 Å². The number of para-hydroxylation sites is 1. The molecule has 124 valence electrons. The maximum absolute atomic E-state index is 12.2. The standard InChI is InChI=1S/C19H20N2O3/c1-24-17-5-3-2-4-15(17)12-20-19(23)11-13-6-8-16-14(10-13)7-9-18(22)21-16/h2-6,8,10H,7,9,11-12H2,1H3,(H,20,23)(H,21,22). The minimum atomic E-state index is -0.0410. The van der Waals surface area contributed by atoms with Crippen LogP contribution < -0.4 is 15.4 Å². The second-order valence-corrected chi connectivity index (χ2v) is 5.81. The number of nitrogens with one attached hydrogen (secondary N) is 2. The zero-order chi connectivity index (χ0) is 16.9. The summed E-state index contributed by atoms with van der Waals surface area (Å²) < 4.78 is 5.28. The SMILES string of the molecule is COc1ccccc1CNC(=O)Cc1ccc2c(c1)CCC(=O)N2. The zero-order valence-electron chi connectivity index (χ0n) is 13.6. The Bertz CT molecular complexity index is 771. The molecule has 0 unspecified atom stereocenters. The third-order valence-corrected chi connectivity index (χ3v) is 4.10. The number of methoxy groups -OCH3 is 1. The van der Waals surface area contributed by atoms with E-state index in [1.54, 1.807) is 7.11 Å². The van der Waals surface area contributed by atoms with Crippen LogP contribution in [0.4, 0.5) is 5.69 Å². The lowest BCUT2D eigenvalue weighted by Gasteiger charge is -2.17. The lowest BCUT2D eigenvalue weighted by Crippen LogP contribution is -2.25. The topological polar surface area (TPSA) is 67.4 Å².